The van der Waals surface area contributed by atoms with E-state index in [-0.39, 0.29) is 5.83 Å². The number of hydrogen-bond acceptors (Lipinski definition) is 1. The molecule has 0 spiro atoms. The van der Waals surface area contributed by atoms with Gasteiger partial charge < -0.3 is 4.74 Å². The molecule has 0 heterocycles. The summed E-state index contributed by atoms with van der Waals surface area (Å²) in [5.74, 6) is 0.700. The fraction of sp³-hybridized carbons (Fsp3) is 0.417. The van der Waals surface area contributed by atoms with Crippen molar-refractivity contribution in [2.24, 2.45) is 0 Å². The molecule has 2 heteroatoms. The SMILES string of the molecule is C=C(CC)C1=C(/C=C\C)CCC=C1C1=C(F)CC(C)=C(C)C(OC)=C1C. The third-order valence-corrected chi connectivity index (χ3v) is 5.36. The Morgan fingerprint density at radius 1 is 1.27 bits per heavy atom. The van der Waals surface area contributed by atoms with Gasteiger partial charge in [-0.2, -0.15) is 0 Å². The van der Waals surface area contributed by atoms with Gasteiger partial charge in [0.1, 0.15) is 11.6 Å². The lowest BCUT2D eigenvalue weighted by atomic mass is 9.79. The molecule has 0 saturated carbocycles. The van der Waals surface area contributed by atoms with Crippen LogP contribution in [-0.2, 0) is 4.74 Å². The van der Waals surface area contributed by atoms with Crippen LogP contribution in [0.5, 0.6) is 0 Å². The Bertz CT molecular complexity index is 794. The summed E-state index contributed by atoms with van der Waals surface area (Å²) in [7, 11) is 1.67. The van der Waals surface area contributed by atoms with E-state index >= 15 is 4.39 Å². The molecule has 0 radical (unpaired) electrons. The minimum atomic E-state index is -0.0826. The van der Waals surface area contributed by atoms with Crippen LogP contribution in [0, 0.1) is 0 Å². The Balaban J connectivity index is 2.75. The van der Waals surface area contributed by atoms with Crippen LogP contribution in [0.2, 0.25) is 0 Å². The van der Waals surface area contributed by atoms with Crippen molar-refractivity contribution in [1.29, 1.82) is 0 Å². The summed E-state index contributed by atoms with van der Waals surface area (Å²) in [6.07, 6.45) is 9.42. The van der Waals surface area contributed by atoms with Crippen LogP contribution >= 0.6 is 0 Å². The Kier molecular flexibility index (Phi) is 6.63. The molecule has 2 aliphatic rings. The predicted molar refractivity (Wildman–Crippen MR) is 109 cm³/mol. The fourth-order valence-corrected chi connectivity index (χ4v) is 3.86. The summed E-state index contributed by atoms with van der Waals surface area (Å²) >= 11 is 0. The molecule has 0 aromatic heterocycles. The van der Waals surface area contributed by atoms with Gasteiger partial charge in [-0.05, 0) is 74.8 Å². The van der Waals surface area contributed by atoms with Gasteiger partial charge in [-0.1, -0.05) is 37.3 Å². The molecular formula is C24H31FO. The monoisotopic (exact) mass is 354 g/mol. The highest BCUT2D eigenvalue weighted by molar-refractivity contribution is 5.67. The van der Waals surface area contributed by atoms with Crippen LogP contribution in [0.1, 0.15) is 60.3 Å². The lowest BCUT2D eigenvalue weighted by molar-refractivity contribution is 0.296. The van der Waals surface area contributed by atoms with E-state index in [0.717, 1.165) is 58.5 Å². The molecule has 1 nitrogen and oxygen atoms in total. The largest absolute Gasteiger partial charge is 0.496 e. The van der Waals surface area contributed by atoms with Gasteiger partial charge in [0.05, 0.1) is 7.11 Å². The lowest BCUT2D eigenvalue weighted by Crippen LogP contribution is -2.08. The zero-order chi connectivity index (χ0) is 19.4. The van der Waals surface area contributed by atoms with E-state index in [1.807, 2.05) is 27.7 Å². The van der Waals surface area contributed by atoms with Crippen molar-refractivity contribution in [3.63, 3.8) is 0 Å². The van der Waals surface area contributed by atoms with Crippen LogP contribution in [0.4, 0.5) is 4.39 Å². The van der Waals surface area contributed by atoms with E-state index in [9.17, 15) is 0 Å². The number of hydrogen-bond donors (Lipinski definition) is 0. The summed E-state index contributed by atoms with van der Waals surface area (Å²) < 4.78 is 21.0. The molecule has 2 aliphatic carbocycles. The van der Waals surface area contributed by atoms with Crippen molar-refractivity contribution in [3.05, 3.63) is 81.0 Å². The van der Waals surface area contributed by atoms with Gasteiger partial charge >= 0.3 is 0 Å². The van der Waals surface area contributed by atoms with Crippen molar-refractivity contribution in [1.82, 2.24) is 0 Å². The van der Waals surface area contributed by atoms with E-state index in [1.54, 1.807) is 7.11 Å². The smallest absolute Gasteiger partial charge is 0.125 e. The minimum absolute atomic E-state index is 0.0826. The minimum Gasteiger partial charge on any atom is -0.496 e. The third-order valence-electron chi connectivity index (χ3n) is 5.36. The molecule has 0 N–H and O–H groups in total. The third kappa shape index (κ3) is 3.70. The molecule has 0 aromatic rings. The van der Waals surface area contributed by atoms with Crippen molar-refractivity contribution in [3.8, 4) is 0 Å². The molecule has 0 aromatic carbocycles. The second-order valence-corrected chi connectivity index (χ2v) is 7.03. The Morgan fingerprint density at radius 2 is 1.96 bits per heavy atom. The van der Waals surface area contributed by atoms with Crippen LogP contribution < -0.4 is 0 Å². The van der Waals surface area contributed by atoms with Gasteiger partial charge in [0.15, 0.2) is 0 Å². The second kappa shape index (κ2) is 8.53. The molecule has 0 bridgehead atoms. The Labute approximate surface area is 158 Å². The van der Waals surface area contributed by atoms with E-state index in [2.05, 4.69) is 31.7 Å². The number of halogens is 1. The highest BCUT2D eigenvalue weighted by atomic mass is 19.1. The van der Waals surface area contributed by atoms with E-state index in [1.165, 1.54) is 5.57 Å². The van der Waals surface area contributed by atoms with Gasteiger partial charge in [0.25, 0.3) is 0 Å². The number of ether oxygens (including phenoxy) is 1. The van der Waals surface area contributed by atoms with Gasteiger partial charge in [-0.15, -0.1) is 0 Å². The standard InChI is InChI=1S/C24H31FO/c1-8-11-19-12-10-13-20(22(19)15(3)9-2)23-18(6)24(26-7)17(5)16(4)14-21(23)25/h8,11,13H,3,9-10,12,14H2,1-2,4-7H3/b11-8-. The molecule has 0 fully saturated rings. The Hall–Kier alpha value is -2.09. The average Bonchev–Trinajstić information content (AvgIpc) is 2.69. The highest BCUT2D eigenvalue weighted by Gasteiger charge is 2.27. The number of allylic oxidation sites excluding steroid dienone is 12. The van der Waals surface area contributed by atoms with Crippen LogP contribution in [0.3, 0.4) is 0 Å². The highest BCUT2D eigenvalue weighted by Crippen LogP contribution is 2.43. The van der Waals surface area contributed by atoms with Crippen LogP contribution in [-0.4, -0.2) is 7.11 Å². The predicted octanol–water partition coefficient (Wildman–Crippen LogP) is 7.43. The molecule has 0 amide bonds. The molecule has 2 rings (SSSR count). The van der Waals surface area contributed by atoms with Gasteiger partial charge in [0, 0.05) is 17.6 Å². The maximum atomic E-state index is 15.4. The molecule has 0 unspecified atom stereocenters. The van der Waals surface area contributed by atoms with Crippen LogP contribution in [0.15, 0.2) is 81.0 Å². The maximum Gasteiger partial charge on any atom is 0.125 e. The molecule has 0 atom stereocenters. The molecule has 140 valence electrons. The number of rotatable bonds is 5. The maximum absolute atomic E-state index is 15.4. The summed E-state index contributed by atoms with van der Waals surface area (Å²) in [6.45, 7) is 14.4. The van der Waals surface area contributed by atoms with Crippen LogP contribution in [0.25, 0.3) is 0 Å². The Morgan fingerprint density at radius 3 is 2.54 bits per heavy atom. The first kappa shape index (κ1) is 20.2. The fourth-order valence-electron chi connectivity index (χ4n) is 3.86. The first-order chi connectivity index (χ1) is 12.4. The van der Waals surface area contributed by atoms with Crippen molar-refractivity contribution < 1.29 is 9.13 Å². The summed E-state index contributed by atoms with van der Waals surface area (Å²) in [4.78, 5) is 0. The van der Waals surface area contributed by atoms with Crippen molar-refractivity contribution in [2.45, 2.75) is 60.3 Å². The molecule has 0 saturated heterocycles. The summed E-state index contributed by atoms with van der Waals surface area (Å²) in [5, 5.41) is 0. The normalized spacial score (nSPS) is 19.4. The lowest BCUT2D eigenvalue weighted by Gasteiger charge is -2.25. The molecule has 0 aliphatic heterocycles. The van der Waals surface area contributed by atoms with Gasteiger partial charge in [0.2, 0.25) is 0 Å². The van der Waals surface area contributed by atoms with E-state index in [0.29, 0.717) is 12.0 Å². The number of methoxy groups -OCH3 is 1. The quantitative estimate of drug-likeness (QED) is 0.499. The van der Waals surface area contributed by atoms with Crippen molar-refractivity contribution >= 4 is 0 Å². The zero-order valence-corrected chi connectivity index (χ0v) is 17.1. The molecule has 26 heavy (non-hydrogen) atoms. The summed E-state index contributed by atoms with van der Waals surface area (Å²) in [5.41, 5.74) is 7.98. The van der Waals surface area contributed by atoms with Crippen molar-refractivity contribution in [2.75, 3.05) is 7.11 Å². The van der Waals surface area contributed by atoms with Gasteiger partial charge in [-0.3, -0.25) is 0 Å². The average molecular weight is 355 g/mol. The van der Waals surface area contributed by atoms with E-state index < -0.39 is 0 Å². The molecular weight excluding hydrogens is 323 g/mol. The van der Waals surface area contributed by atoms with Gasteiger partial charge in [-0.25, -0.2) is 4.39 Å². The summed E-state index contributed by atoms with van der Waals surface area (Å²) in [6, 6.07) is 0. The first-order valence-corrected chi connectivity index (χ1v) is 9.42. The topological polar surface area (TPSA) is 9.23 Å². The van der Waals surface area contributed by atoms with E-state index in [4.69, 9.17) is 4.74 Å². The second-order valence-electron chi connectivity index (χ2n) is 7.03. The zero-order valence-electron chi connectivity index (χ0n) is 17.1. The first-order valence-electron chi connectivity index (χ1n) is 9.42.